The molecule has 3 aromatic carbocycles. The fourth-order valence-corrected chi connectivity index (χ4v) is 3.82. The summed E-state index contributed by atoms with van der Waals surface area (Å²) < 4.78 is 0. The van der Waals surface area contributed by atoms with E-state index in [1.807, 2.05) is 54.6 Å². The summed E-state index contributed by atoms with van der Waals surface area (Å²) in [5, 5.41) is 4.05. The summed E-state index contributed by atoms with van der Waals surface area (Å²) in [4.78, 5) is 12.1. The molecule has 0 radical (unpaired) electrons. The van der Waals surface area contributed by atoms with E-state index in [0.29, 0.717) is 0 Å². The van der Waals surface area contributed by atoms with Crippen LogP contribution in [0, 0.1) is 0 Å². The fourth-order valence-electron chi connectivity index (χ4n) is 3.44. The fraction of sp³-hybridized carbons (Fsp3) is 0.160. The van der Waals surface area contributed by atoms with Crippen LogP contribution in [0.4, 0.5) is 5.69 Å². The molecule has 4 nitrogen and oxygen atoms in total. The highest BCUT2D eigenvalue weighted by molar-refractivity contribution is 7.80. The van der Waals surface area contributed by atoms with Crippen molar-refractivity contribution in [3.8, 4) is 22.5 Å². The number of aromatic nitrogens is 2. The van der Waals surface area contributed by atoms with Crippen LogP contribution < -0.4 is 5.32 Å². The van der Waals surface area contributed by atoms with Crippen LogP contribution in [0.5, 0.6) is 0 Å². The van der Waals surface area contributed by atoms with Gasteiger partial charge in [0.05, 0.1) is 22.4 Å². The molecular weight excluding hydrogens is 388 g/mol. The Morgan fingerprint density at radius 1 is 0.767 bits per heavy atom. The highest BCUT2D eigenvalue weighted by Gasteiger charge is 2.14. The molecule has 1 N–H and O–H groups in total. The summed E-state index contributed by atoms with van der Waals surface area (Å²) in [5.74, 6) is 0. The molecule has 0 fully saturated rings. The molecule has 0 unspecified atom stereocenters. The normalized spacial score (nSPS) is 10.7. The Balaban J connectivity index is 1.81. The zero-order chi connectivity index (χ0) is 20.9. The lowest BCUT2D eigenvalue weighted by Crippen LogP contribution is -2.34. The van der Waals surface area contributed by atoms with Crippen molar-refractivity contribution in [2.24, 2.45) is 0 Å². The molecule has 30 heavy (non-hydrogen) atoms. The average Bonchev–Trinajstić information content (AvgIpc) is 2.80. The summed E-state index contributed by atoms with van der Waals surface area (Å²) >= 11 is 5.54. The largest absolute Gasteiger partial charge is 0.350 e. The van der Waals surface area contributed by atoms with Crippen LogP contribution in [0.3, 0.4) is 0 Å². The van der Waals surface area contributed by atoms with Gasteiger partial charge in [0, 0.05) is 29.9 Å². The zero-order valence-electron chi connectivity index (χ0n) is 17.2. The van der Waals surface area contributed by atoms with Gasteiger partial charge in [-0.1, -0.05) is 60.7 Å². The van der Waals surface area contributed by atoms with Gasteiger partial charge in [-0.2, -0.15) is 0 Å². The topological polar surface area (TPSA) is 41.0 Å². The third kappa shape index (κ3) is 4.16. The number of fused-ring (bicyclic) bond motifs is 1. The number of hydrogen-bond donors (Lipinski definition) is 1. The van der Waals surface area contributed by atoms with Crippen molar-refractivity contribution in [1.29, 1.82) is 0 Å². The Morgan fingerprint density at radius 2 is 1.30 bits per heavy atom. The summed E-state index contributed by atoms with van der Waals surface area (Å²) in [5.41, 5.74) is 6.46. The lowest BCUT2D eigenvalue weighted by Gasteiger charge is -2.22. The maximum Gasteiger partial charge on any atom is 0.173 e. The molecule has 0 bridgehead atoms. The van der Waals surface area contributed by atoms with E-state index < -0.39 is 0 Å². The summed E-state index contributed by atoms with van der Waals surface area (Å²) in [6.45, 7) is 5.93. The van der Waals surface area contributed by atoms with Gasteiger partial charge in [0.1, 0.15) is 0 Å². The van der Waals surface area contributed by atoms with Crippen molar-refractivity contribution in [3.63, 3.8) is 0 Å². The lowest BCUT2D eigenvalue weighted by molar-refractivity contribution is 0.473. The van der Waals surface area contributed by atoms with Crippen molar-refractivity contribution in [2.75, 3.05) is 18.4 Å². The molecule has 0 amide bonds. The van der Waals surface area contributed by atoms with Gasteiger partial charge in [0.2, 0.25) is 0 Å². The maximum atomic E-state index is 5.54. The van der Waals surface area contributed by atoms with E-state index in [1.54, 1.807) is 0 Å². The molecule has 150 valence electrons. The first-order chi connectivity index (χ1) is 14.7. The number of nitrogens with one attached hydrogen (secondary N) is 1. The van der Waals surface area contributed by atoms with Crippen molar-refractivity contribution in [3.05, 3.63) is 78.9 Å². The number of nitrogens with zero attached hydrogens (tertiary/aromatic N) is 3. The molecule has 0 atom stereocenters. The van der Waals surface area contributed by atoms with E-state index in [0.717, 1.165) is 57.4 Å². The lowest BCUT2D eigenvalue weighted by atomic mass is 10.0. The van der Waals surface area contributed by atoms with E-state index in [4.69, 9.17) is 22.2 Å². The standard InChI is InChI=1S/C25H24N4S/c1-3-29(4-2)25(30)26-20-15-16-21-22(17-20)28-24(19-13-9-6-10-14-19)23(27-21)18-11-7-5-8-12-18/h5-17H,3-4H2,1-2H3,(H,26,30). The van der Waals surface area contributed by atoms with Gasteiger partial charge in [-0.25, -0.2) is 9.97 Å². The highest BCUT2D eigenvalue weighted by atomic mass is 32.1. The quantitative estimate of drug-likeness (QED) is 0.407. The number of benzene rings is 3. The molecule has 0 saturated heterocycles. The van der Waals surface area contributed by atoms with Gasteiger partial charge in [-0.15, -0.1) is 0 Å². The van der Waals surface area contributed by atoms with Gasteiger partial charge in [-0.3, -0.25) is 0 Å². The first-order valence-corrected chi connectivity index (χ1v) is 10.6. The van der Waals surface area contributed by atoms with E-state index in [-0.39, 0.29) is 0 Å². The van der Waals surface area contributed by atoms with Crippen LogP contribution in [0.2, 0.25) is 0 Å². The van der Waals surface area contributed by atoms with Crippen molar-refractivity contribution >= 4 is 34.1 Å². The van der Waals surface area contributed by atoms with Crippen LogP contribution in [-0.2, 0) is 0 Å². The second-order valence-electron chi connectivity index (χ2n) is 6.96. The third-order valence-corrected chi connectivity index (χ3v) is 5.42. The van der Waals surface area contributed by atoms with Crippen LogP contribution in [0.25, 0.3) is 33.5 Å². The Hall–Kier alpha value is -3.31. The Labute approximate surface area is 182 Å². The highest BCUT2D eigenvalue weighted by Crippen LogP contribution is 2.31. The first kappa shape index (κ1) is 20.0. The van der Waals surface area contributed by atoms with Gasteiger partial charge in [-0.05, 0) is 44.3 Å². The summed E-state index contributed by atoms with van der Waals surface area (Å²) in [6.07, 6.45) is 0. The van der Waals surface area contributed by atoms with Crippen LogP contribution in [0.1, 0.15) is 13.8 Å². The van der Waals surface area contributed by atoms with Crippen molar-refractivity contribution in [1.82, 2.24) is 14.9 Å². The van der Waals surface area contributed by atoms with E-state index in [1.165, 1.54) is 0 Å². The molecule has 4 aromatic rings. The Bertz CT molecular complexity index is 1160. The number of rotatable bonds is 5. The third-order valence-electron chi connectivity index (χ3n) is 5.06. The molecule has 0 aliphatic rings. The number of anilines is 1. The van der Waals surface area contributed by atoms with Gasteiger partial charge in [0.15, 0.2) is 5.11 Å². The van der Waals surface area contributed by atoms with Gasteiger partial charge < -0.3 is 10.2 Å². The molecule has 0 aliphatic carbocycles. The second-order valence-corrected chi connectivity index (χ2v) is 7.35. The second kappa shape index (κ2) is 9.01. The molecule has 5 heteroatoms. The monoisotopic (exact) mass is 412 g/mol. The minimum Gasteiger partial charge on any atom is -0.350 e. The maximum absolute atomic E-state index is 5.54. The minimum atomic E-state index is 0.719. The SMILES string of the molecule is CCN(CC)C(=S)Nc1ccc2nc(-c3ccccc3)c(-c3ccccc3)nc2c1. The number of thiocarbonyl (C=S) groups is 1. The van der Waals surface area contributed by atoms with Crippen LogP contribution >= 0.6 is 12.2 Å². The first-order valence-electron chi connectivity index (χ1n) is 10.2. The molecule has 1 aromatic heterocycles. The van der Waals surface area contributed by atoms with Gasteiger partial charge in [0.25, 0.3) is 0 Å². The van der Waals surface area contributed by atoms with Crippen LogP contribution in [0.15, 0.2) is 78.9 Å². The molecule has 4 rings (SSSR count). The molecule has 0 spiro atoms. The van der Waals surface area contributed by atoms with E-state index in [2.05, 4.69) is 48.3 Å². The van der Waals surface area contributed by atoms with Crippen LogP contribution in [-0.4, -0.2) is 33.1 Å². The molecule has 0 aliphatic heterocycles. The summed E-state index contributed by atoms with van der Waals surface area (Å²) in [7, 11) is 0. The smallest absolute Gasteiger partial charge is 0.173 e. The Kier molecular flexibility index (Phi) is 6.00. The van der Waals surface area contributed by atoms with Gasteiger partial charge >= 0.3 is 0 Å². The van der Waals surface area contributed by atoms with Crippen molar-refractivity contribution < 1.29 is 0 Å². The molecular formula is C25H24N4S. The average molecular weight is 413 g/mol. The number of hydrogen-bond acceptors (Lipinski definition) is 3. The molecule has 1 heterocycles. The minimum absolute atomic E-state index is 0.719. The molecule has 0 saturated carbocycles. The zero-order valence-corrected chi connectivity index (χ0v) is 18.0. The Morgan fingerprint density at radius 3 is 1.83 bits per heavy atom. The van der Waals surface area contributed by atoms with E-state index >= 15 is 0 Å². The summed E-state index contributed by atoms with van der Waals surface area (Å²) in [6, 6.07) is 26.4. The van der Waals surface area contributed by atoms with Crippen molar-refractivity contribution in [2.45, 2.75) is 13.8 Å². The van der Waals surface area contributed by atoms with E-state index in [9.17, 15) is 0 Å². The predicted octanol–water partition coefficient (Wildman–Crippen LogP) is 6.00. The predicted molar refractivity (Wildman–Crippen MR) is 130 cm³/mol.